The lowest BCUT2D eigenvalue weighted by Gasteiger charge is -2.06. The van der Waals surface area contributed by atoms with Gasteiger partial charge in [-0.2, -0.15) is 0 Å². The Labute approximate surface area is 88.9 Å². The quantitative estimate of drug-likeness (QED) is 0.740. The molecule has 1 nitrogen and oxygen atoms in total. The maximum atomic E-state index is 11.6. The van der Waals surface area contributed by atoms with E-state index in [1.807, 2.05) is 18.2 Å². The lowest BCUT2D eigenvalue weighted by atomic mass is 9.97. The molecule has 0 amide bonds. The summed E-state index contributed by atoms with van der Waals surface area (Å²) in [4.78, 5) is 11.6. The minimum Gasteiger partial charge on any atom is -0.287 e. The van der Waals surface area contributed by atoms with Crippen LogP contribution in [-0.4, -0.2) is 10.4 Å². The topological polar surface area (TPSA) is 17.1 Å². The zero-order chi connectivity index (χ0) is 9.97. The summed E-state index contributed by atoms with van der Waals surface area (Å²) >= 11 is 1.51. The summed E-state index contributed by atoms with van der Waals surface area (Å²) in [6.07, 6.45) is 1.95. The Morgan fingerprint density at radius 3 is 2.64 bits per heavy atom. The first-order chi connectivity index (χ1) is 6.75. The van der Waals surface area contributed by atoms with Crippen LogP contribution < -0.4 is 0 Å². The van der Waals surface area contributed by atoms with E-state index in [-0.39, 0.29) is 5.92 Å². The van der Waals surface area contributed by atoms with Crippen molar-refractivity contribution in [1.29, 1.82) is 0 Å². The first-order valence-corrected chi connectivity index (χ1v) is 5.88. The molecule has 1 aromatic rings. The predicted molar refractivity (Wildman–Crippen MR) is 60.3 cm³/mol. The van der Waals surface area contributed by atoms with E-state index < -0.39 is 0 Å². The predicted octanol–water partition coefficient (Wildman–Crippen LogP) is 2.90. The molecule has 0 aliphatic carbocycles. The van der Waals surface area contributed by atoms with Crippen molar-refractivity contribution in [2.75, 3.05) is 0 Å². The van der Waals surface area contributed by atoms with Crippen molar-refractivity contribution in [2.45, 2.75) is 25.0 Å². The van der Waals surface area contributed by atoms with E-state index in [1.165, 1.54) is 17.3 Å². The van der Waals surface area contributed by atoms with E-state index in [2.05, 4.69) is 19.1 Å². The van der Waals surface area contributed by atoms with Crippen LogP contribution in [0.1, 0.15) is 18.9 Å². The fourth-order valence-electron chi connectivity index (χ4n) is 1.90. The molecule has 2 atom stereocenters. The molecule has 1 fully saturated rings. The molecule has 0 aromatic heterocycles. The van der Waals surface area contributed by atoms with Crippen molar-refractivity contribution in [3.05, 3.63) is 35.9 Å². The van der Waals surface area contributed by atoms with Gasteiger partial charge >= 0.3 is 0 Å². The standard InChI is InChI=1S/C12H14OS/c1-9-7-11(12(13)14-9)8-10-5-3-2-4-6-10/h2-6,9,11H,7-8H2,1H3/t9-,11+/m1/s1. The van der Waals surface area contributed by atoms with E-state index >= 15 is 0 Å². The minimum atomic E-state index is 0.248. The van der Waals surface area contributed by atoms with Crippen molar-refractivity contribution in [2.24, 2.45) is 5.92 Å². The van der Waals surface area contributed by atoms with Gasteiger partial charge in [-0.1, -0.05) is 49.0 Å². The fraction of sp³-hybridized carbons (Fsp3) is 0.417. The van der Waals surface area contributed by atoms with Crippen molar-refractivity contribution < 1.29 is 4.79 Å². The Morgan fingerprint density at radius 2 is 2.07 bits per heavy atom. The highest BCUT2D eigenvalue weighted by molar-refractivity contribution is 8.14. The summed E-state index contributed by atoms with van der Waals surface area (Å²) in [6.45, 7) is 2.13. The van der Waals surface area contributed by atoms with Crippen LogP contribution >= 0.6 is 11.8 Å². The fourth-order valence-corrected chi connectivity index (χ4v) is 3.00. The highest BCUT2D eigenvalue weighted by atomic mass is 32.2. The third-order valence-electron chi connectivity index (χ3n) is 2.59. The number of hydrogen-bond acceptors (Lipinski definition) is 2. The van der Waals surface area contributed by atoms with E-state index in [9.17, 15) is 4.79 Å². The molecule has 0 radical (unpaired) electrons. The molecule has 14 heavy (non-hydrogen) atoms. The molecule has 2 heteroatoms. The first kappa shape index (κ1) is 9.78. The van der Waals surface area contributed by atoms with Crippen LogP contribution in [0.5, 0.6) is 0 Å². The molecule has 1 heterocycles. The lowest BCUT2D eigenvalue weighted by Crippen LogP contribution is -2.08. The van der Waals surface area contributed by atoms with Gasteiger partial charge in [-0.25, -0.2) is 0 Å². The normalized spacial score (nSPS) is 26.8. The van der Waals surface area contributed by atoms with E-state index in [0.29, 0.717) is 10.4 Å². The van der Waals surface area contributed by atoms with Crippen LogP contribution in [0.25, 0.3) is 0 Å². The number of hydrogen-bond donors (Lipinski definition) is 0. The van der Waals surface area contributed by atoms with Gasteiger partial charge in [-0.05, 0) is 18.4 Å². The van der Waals surface area contributed by atoms with Gasteiger partial charge in [0.1, 0.15) is 0 Å². The summed E-state index contributed by atoms with van der Waals surface area (Å²) in [5.74, 6) is 0.248. The zero-order valence-electron chi connectivity index (χ0n) is 8.27. The summed E-state index contributed by atoms with van der Waals surface area (Å²) in [6, 6.07) is 10.3. The first-order valence-electron chi connectivity index (χ1n) is 5.00. The molecule has 1 aliphatic heterocycles. The van der Waals surface area contributed by atoms with E-state index in [0.717, 1.165) is 12.8 Å². The van der Waals surface area contributed by atoms with Gasteiger partial charge in [0.25, 0.3) is 0 Å². The molecule has 0 spiro atoms. The van der Waals surface area contributed by atoms with Gasteiger partial charge in [0, 0.05) is 11.2 Å². The molecule has 1 saturated heterocycles. The summed E-state index contributed by atoms with van der Waals surface area (Å²) < 4.78 is 0. The Hall–Kier alpha value is -0.760. The molecular weight excluding hydrogens is 192 g/mol. The van der Waals surface area contributed by atoms with Crippen molar-refractivity contribution in [3.63, 3.8) is 0 Å². The SMILES string of the molecule is C[C@@H]1C[C@@H](Cc2ccccc2)C(=O)S1. The van der Waals surface area contributed by atoms with Crippen molar-refractivity contribution in [1.82, 2.24) is 0 Å². The molecule has 1 aliphatic rings. The Kier molecular flexibility index (Phi) is 2.92. The van der Waals surface area contributed by atoms with Gasteiger partial charge in [0.2, 0.25) is 0 Å². The number of benzene rings is 1. The van der Waals surface area contributed by atoms with Gasteiger partial charge in [0.05, 0.1) is 0 Å². The zero-order valence-corrected chi connectivity index (χ0v) is 9.09. The van der Waals surface area contributed by atoms with Gasteiger partial charge in [-0.3, -0.25) is 4.79 Å². The van der Waals surface area contributed by atoms with Crippen LogP contribution in [0.2, 0.25) is 0 Å². The highest BCUT2D eigenvalue weighted by Crippen LogP contribution is 2.34. The molecule has 1 aromatic carbocycles. The van der Waals surface area contributed by atoms with Crippen LogP contribution in [0, 0.1) is 5.92 Å². The molecule has 0 bridgehead atoms. The second-order valence-corrected chi connectivity index (χ2v) is 5.31. The van der Waals surface area contributed by atoms with Crippen LogP contribution in [-0.2, 0) is 11.2 Å². The lowest BCUT2D eigenvalue weighted by molar-refractivity contribution is -0.113. The molecule has 74 valence electrons. The van der Waals surface area contributed by atoms with E-state index in [1.54, 1.807) is 0 Å². The van der Waals surface area contributed by atoms with Gasteiger partial charge in [-0.15, -0.1) is 0 Å². The summed E-state index contributed by atoms with van der Waals surface area (Å²) in [5, 5.41) is 0.887. The monoisotopic (exact) mass is 206 g/mol. The number of carbonyl (C=O) groups is 1. The van der Waals surface area contributed by atoms with Crippen LogP contribution in [0.15, 0.2) is 30.3 Å². The third-order valence-corrected chi connectivity index (χ3v) is 3.75. The maximum Gasteiger partial charge on any atom is 0.192 e. The Bertz CT molecular complexity index is 320. The van der Waals surface area contributed by atoms with Crippen LogP contribution in [0.4, 0.5) is 0 Å². The Morgan fingerprint density at radius 1 is 1.36 bits per heavy atom. The van der Waals surface area contributed by atoms with Crippen molar-refractivity contribution >= 4 is 16.9 Å². The smallest absolute Gasteiger partial charge is 0.192 e. The largest absolute Gasteiger partial charge is 0.287 e. The molecule has 0 unspecified atom stereocenters. The summed E-state index contributed by atoms with van der Waals surface area (Å²) in [5.41, 5.74) is 1.28. The molecule has 0 N–H and O–H groups in total. The van der Waals surface area contributed by atoms with E-state index in [4.69, 9.17) is 0 Å². The Balaban J connectivity index is 2.02. The molecular formula is C12H14OS. The van der Waals surface area contributed by atoms with Gasteiger partial charge in [0.15, 0.2) is 5.12 Å². The average Bonchev–Trinajstić information content (AvgIpc) is 2.47. The van der Waals surface area contributed by atoms with Crippen LogP contribution in [0.3, 0.4) is 0 Å². The molecule has 2 rings (SSSR count). The number of rotatable bonds is 2. The average molecular weight is 206 g/mol. The number of thioether (sulfide) groups is 1. The minimum absolute atomic E-state index is 0.248. The van der Waals surface area contributed by atoms with Crippen molar-refractivity contribution in [3.8, 4) is 0 Å². The second kappa shape index (κ2) is 4.18. The highest BCUT2D eigenvalue weighted by Gasteiger charge is 2.30. The summed E-state index contributed by atoms with van der Waals surface area (Å²) in [7, 11) is 0. The van der Waals surface area contributed by atoms with Gasteiger partial charge < -0.3 is 0 Å². The number of carbonyl (C=O) groups excluding carboxylic acids is 1. The third kappa shape index (κ3) is 2.18. The maximum absolute atomic E-state index is 11.6. The second-order valence-electron chi connectivity index (χ2n) is 3.87. The molecule has 0 saturated carbocycles.